The van der Waals surface area contributed by atoms with E-state index in [0.29, 0.717) is 11.3 Å². The zero-order chi connectivity index (χ0) is 22.3. The number of alkyl halides is 3. The van der Waals surface area contributed by atoms with Gasteiger partial charge in [-0.05, 0) is 42.8 Å². The number of carbonyl (C=O) groups excluding carboxylic acids is 1. The maximum Gasteiger partial charge on any atom is 0.433 e. The second-order valence-corrected chi connectivity index (χ2v) is 6.02. The average molecular weight is 417 g/mol. The molecule has 5 N–H and O–H groups in total. The zero-order valence-corrected chi connectivity index (χ0v) is 15.8. The number of nitrogens with one attached hydrogen (secondary N) is 5. The molecule has 0 spiro atoms. The largest absolute Gasteiger partial charge is 0.433 e. The van der Waals surface area contributed by atoms with Gasteiger partial charge in [-0.2, -0.15) is 13.2 Å². The topological polar surface area (TPSA) is 138 Å². The van der Waals surface area contributed by atoms with Crippen molar-refractivity contribution in [1.82, 2.24) is 15.3 Å². The van der Waals surface area contributed by atoms with Crippen LogP contribution in [0.4, 0.5) is 19.0 Å². The monoisotopic (exact) mass is 417 g/mol. The van der Waals surface area contributed by atoms with Gasteiger partial charge in [0.05, 0.1) is 5.56 Å². The van der Waals surface area contributed by atoms with Crippen LogP contribution in [-0.2, 0) is 17.5 Å². The molecule has 2 rings (SSSR count). The Morgan fingerprint density at radius 3 is 2.53 bits per heavy atom. The third kappa shape index (κ3) is 6.06. The van der Waals surface area contributed by atoms with Gasteiger partial charge in [0.2, 0.25) is 0 Å². The second kappa shape index (κ2) is 9.54. The van der Waals surface area contributed by atoms with E-state index in [2.05, 4.69) is 20.6 Å². The van der Waals surface area contributed by atoms with Gasteiger partial charge in [-0.25, -0.2) is 4.98 Å². The second-order valence-electron chi connectivity index (χ2n) is 6.02. The van der Waals surface area contributed by atoms with E-state index >= 15 is 0 Å². The average Bonchev–Trinajstić information content (AvgIpc) is 2.70. The number of amidine groups is 1. The fourth-order valence-electron chi connectivity index (χ4n) is 2.24. The summed E-state index contributed by atoms with van der Waals surface area (Å²) in [6.45, 7) is 1.81. The molecule has 11 heteroatoms. The normalized spacial score (nSPS) is 11.2. The Hall–Kier alpha value is -3.89. The maximum atomic E-state index is 12.6. The van der Waals surface area contributed by atoms with Gasteiger partial charge in [-0.1, -0.05) is 6.07 Å². The number of aryl methyl sites for hydroxylation is 1. The van der Waals surface area contributed by atoms with Gasteiger partial charge in [0.25, 0.3) is 5.91 Å². The molecular formula is C19H18F3N7O. The summed E-state index contributed by atoms with van der Waals surface area (Å²) in [5.41, 5.74) is -0.116. The van der Waals surface area contributed by atoms with Crippen molar-refractivity contribution in [2.75, 3.05) is 5.32 Å². The summed E-state index contributed by atoms with van der Waals surface area (Å²) in [7, 11) is 0. The quantitative estimate of drug-likeness (QED) is 0.349. The summed E-state index contributed by atoms with van der Waals surface area (Å²) in [6.07, 6.45) is -0.208. The highest BCUT2D eigenvalue weighted by Crippen LogP contribution is 2.27. The van der Waals surface area contributed by atoms with Crippen LogP contribution in [0.25, 0.3) is 0 Å². The molecule has 0 aromatic carbocycles. The first kappa shape index (κ1) is 22.4. The molecule has 0 saturated heterocycles. The molecule has 0 aliphatic rings. The van der Waals surface area contributed by atoms with Crippen LogP contribution < -0.4 is 10.6 Å². The molecule has 0 radical (unpaired) electrons. The predicted molar refractivity (Wildman–Crippen MR) is 106 cm³/mol. The van der Waals surface area contributed by atoms with Crippen LogP contribution >= 0.6 is 0 Å². The molecule has 30 heavy (non-hydrogen) atoms. The summed E-state index contributed by atoms with van der Waals surface area (Å²) in [5.74, 6) is -0.910. The molecule has 0 aliphatic carbocycles. The van der Waals surface area contributed by atoms with Crippen molar-refractivity contribution >= 4 is 29.5 Å². The number of rotatable bonds is 7. The molecule has 2 aromatic rings. The van der Waals surface area contributed by atoms with Gasteiger partial charge in [0.15, 0.2) is 0 Å². The molecule has 0 aliphatic heterocycles. The first-order chi connectivity index (χ1) is 14.1. The molecule has 0 unspecified atom stereocenters. The summed E-state index contributed by atoms with van der Waals surface area (Å²) < 4.78 is 37.8. The summed E-state index contributed by atoms with van der Waals surface area (Å²) in [5, 5.41) is 27.7. The zero-order valence-electron chi connectivity index (χ0n) is 15.8. The molecule has 0 bridgehead atoms. The number of allylic oxidation sites excluding steroid dienone is 1. The van der Waals surface area contributed by atoms with Crippen molar-refractivity contribution in [2.45, 2.75) is 19.6 Å². The minimum absolute atomic E-state index is 0.0910. The fraction of sp³-hybridized carbons (Fsp3) is 0.158. The lowest BCUT2D eigenvalue weighted by Gasteiger charge is -2.14. The number of halogens is 3. The van der Waals surface area contributed by atoms with E-state index in [0.717, 1.165) is 24.6 Å². The number of hydrogen-bond acceptors (Lipinski definition) is 7. The van der Waals surface area contributed by atoms with E-state index < -0.39 is 23.5 Å². The Morgan fingerprint density at radius 2 is 1.93 bits per heavy atom. The highest BCUT2D eigenvalue weighted by atomic mass is 19.4. The lowest BCUT2D eigenvalue weighted by atomic mass is 10.2. The molecule has 0 saturated carbocycles. The van der Waals surface area contributed by atoms with Gasteiger partial charge in [0, 0.05) is 24.7 Å². The van der Waals surface area contributed by atoms with Gasteiger partial charge in [-0.3, -0.25) is 20.6 Å². The van der Waals surface area contributed by atoms with Crippen molar-refractivity contribution in [3.8, 4) is 0 Å². The third-order valence-corrected chi connectivity index (χ3v) is 3.72. The Labute approximate surface area is 169 Å². The summed E-state index contributed by atoms with van der Waals surface area (Å²) in [6, 6.07) is 5.33. The van der Waals surface area contributed by atoms with Crippen LogP contribution in [0, 0.1) is 23.2 Å². The van der Waals surface area contributed by atoms with Crippen LogP contribution in [0.15, 0.2) is 42.6 Å². The molecule has 2 heterocycles. The Balaban J connectivity index is 2.14. The molecule has 156 valence electrons. The Kier molecular flexibility index (Phi) is 7.13. The van der Waals surface area contributed by atoms with Gasteiger partial charge >= 0.3 is 6.18 Å². The van der Waals surface area contributed by atoms with E-state index in [9.17, 15) is 18.0 Å². The molecular weight excluding hydrogens is 399 g/mol. The molecule has 2 aromatic heterocycles. The van der Waals surface area contributed by atoms with Gasteiger partial charge < -0.3 is 16.0 Å². The first-order valence-corrected chi connectivity index (χ1v) is 8.51. The standard InChI is InChI=1S/C19H18F3N7O/c1-11-4-6-13(16(25)29-18(30)14(24)3-2-8-23)17(28-11)27-10-12-5-7-15(26-9-12)19(20,21)22/h2-9,23-24H,10H2,1H3,(H,27,28)(H2,25,29,30)/b3-2-,23-8?,24-14?. The SMILES string of the molecule is Cc1ccc(C(=N)NC(=O)C(=N)/C=C\C=N)c(NCc2ccc(C(F)(F)F)nc2)n1. The van der Waals surface area contributed by atoms with Crippen molar-refractivity contribution in [1.29, 1.82) is 16.2 Å². The Bertz CT molecular complexity index is 998. The van der Waals surface area contributed by atoms with E-state index in [4.69, 9.17) is 16.2 Å². The molecule has 0 atom stereocenters. The number of hydrogen-bond donors (Lipinski definition) is 5. The lowest BCUT2D eigenvalue weighted by molar-refractivity contribution is -0.141. The van der Waals surface area contributed by atoms with Crippen LogP contribution in [0.2, 0.25) is 0 Å². The number of pyridine rings is 2. The molecule has 8 nitrogen and oxygen atoms in total. The minimum atomic E-state index is -4.52. The lowest BCUT2D eigenvalue weighted by Crippen LogP contribution is -2.35. The smallest absolute Gasteiger partial charge is 0.365 e. The number of amides is 1. The highest BCUT2D eigenvalue weighted by molar-refractivity contribution is 6.45. The number of aromatic nitrogens is 2. The third-order valence-electron chi connectivity index (χ3n) is 3.72. The van der Waals surface area contributed by atoms with E-state index in [1.54, 1.807) is 19.1 Å². The minimum Gasteiger partial charge on any atom is -0.365 e. The van der Waals surface area contributed by atoms with Crippen molar-refractivity contribution in [3.63, 3.8) is 0 Å². The molecule has 1 amide bonds. The number of carbonyl (C=O) groups is 1. The Morgan fingerprint density at radius 1 is 1.20 bits per heavy atom. The van der Waals surface area contributed by atoms with Gasteiger partial charge in [0.1, 0.15) is 23.1 Å². The van der Waals surface area contributed by atoms with Gasteiger partial charge in [-0.15, -0.1) is 0 Å². The van der Waals surface area contributed by atoms with E-state index in [-0.39, 0.29) is 23.8 Å². The van der Waals surface area contributed by atoms with Crippen molar-refractivity contribution in [3.05, 3.63) is 65.1 Å². The van der Waals surface area contributed by atoms with Crippen LogP contribution in [-0.4, -0.2) is 33.6 Å². The predicted octanol–water partition coefficient (Wildman–Crippen LogP) is 3.08. The van der Waals surface area contributed by atoms with Crippen LogP contribution in [0.5, 0.6) is 0 Å². The maximum absolute atomic E-state index is 12.6. The van der Waals surface area contributed by atoms with E-state index in [1.807, 2.05) is 0 Å². The van der Waals surface area contributed by atoms with Crippen LogP contribution in [0.1, 0.15) is 22.5 Å². The van der Waals surface area contributed by atoms with Crippen LogP contribution in [0.3, 0.4) is 0 Å². The highest BCUT2D eigenvalue weighted by Gasteiger charge is 2.32. The first-order valence-electron chi connectivity index (χ1n) is 8.51. The number of anilines is 1. The van der Waals surface area contributed by atoms with Crippen molar-refractivity contribution < 1.29 is 18.0 Å². The summed E-state index contributed by atoms with van der Waals surface area (Å²) >= 11 is 0. The van der Waals surface area contributed by atoms with E-state index in [1.165, 1.54) is 12.1 Å². The fourth-order valence-corrected chi connectivity index (χ4v) is 2.24. The van der Waals surface area contributed by atoms with Crippen molar-refractivity contribution in [2.24, 2.45) is 0 Å². The molecule has 0 fully saturated rings. The number of nitrogens with zero attached hydrogens (tertiary/aromatic N) is 2. The summed E-state index contributed by atoms with van der Waals surface area (Å²) in [4.78, 5) is 19.6.